The summed E-state index contributed by atoms with van der Waals surface area (Å²) >= 11 is 0. The van der Waals surface area contributed by atoms with Gasteiger partial charge in [0.25, 0.3) is 0 Å². The van der Waals surface area contributed by atoms with Crippen molar-refractivity contribution in [2.45, 2.75) is 32.2 Å². The van der Waals surface area contributed by atoms with Crippen LogP contribution in [-0.2, 0) is 6.42 Å². The van der Waals surface area contributed by atoms with E-state index in [4.69, 9.17) is 10.3 Å². The van der Waals surface area contributed by atoms with E-state index >= 15 is 0 Å². The van der Waals surface area contributed by atoms with Gasteiger partial charge >= 0.3 is 0 Å². The van der Waals surface area contributed by atoms with Crippen molar-refractivity contribution in [2.75, 3.05) is 0 Å². The second kappa shape index (κ2) is 5.26. The van der Waals surface area contributed by atoms with Gasteiger partial charge in [-0.25, -0.2) is 0 Å². The van der Waals surface area contributed by atoms with Crippen LogP contribution in [0.25, 0.3) is 10.8 Å². The normalized spacial score (nSPS) is 15.8. The quantitative estimate of drug-likeness (QED) is 0.769. The average Bonchev–Trinajstić information content (AvgIpc) is 2.38. The lowest BCUT2D eigenvalue weighted by Crippen LogP contribution is -2.29. The molecular formula is C17H17ClN2. The summed E-state index contributed by atoms with van der Waals surface area (Å²) in [5.74, 6) is 0. The van der Waals surface area contributed by atoms with Crippen LogP contribution in [0.2, 0.25) is 0 Å². The molecule has 2 nitrogen and oxygen atoms in total. The van der Waals surface area contributed by atoms with Crippen LogP contribution >= 0.6 is 12.4 Å². The molecule has 0 N–H and O–H groups in total. The Morgan fingerprint density at radius 2 is 1.95 bits per heavy atom. The lowest BCUT2D eigenvalue weighted by Gasteiger charge is -2.29. The number of hydrogen-bond donors (Lipinski definition) is 0. The van der Waals surface area contributed by atoms with Gasteiger partial charge in [-0.3, -0.25) is 4.99 Å². The fourth-order valence-electron chi connectivity index (χ4n) is 2.90. The number of nitriles is 1. The molecule has 0 bridgehead atoms. The van der Waals surface area contributed by atoms with Crippen molar-refractivity contribution >= 4 is 28.9 Å². The maximum atomic E-state index is 9.00. The van der Waals surface area contributed by atoms with Gasteiger partial charge in [0.1, 0.15) is 0 Å². The zero-order valence-electron chi connectivity index (χ0n) is 11.7. The van der Waals surface area contributed by atoms with Crippen molar-refractivity contribution in [3.63, 3.8) is 0 Å². The number of fused-ring (bicyclic) bond motifs is 3. The van der Waals surface area contributed by atoms with Crippen LogP contribution in [0.5, 0.6) is 0 Å². The SMILES string of the molecule is CC1(C)Cc2c(ccc3ccccc23)C(CC#N)=N1.Cl. The Bertz CT molecular complexity index is 723. The number of nitrogens with zero attached hydrogens (tertiary/aromatic N) is 2. The summed E-state index contributed by atoms with van der Waals surface area (Å²) in [4.78, 5) is 4.75. The first-order valence-corrected chi connectivity index (χ1v) is 6.57. The Kier molecular flexibility index (Phi) is 3.83. The molecule has 0 atom stereocenters. The topological polar surface area (TPSA) is 36.1 Å². The molecule has 0 aliphatic carbocycles. The number of aliphatic imine (C=N–C) groups is 1. The molecule has 0 fully saturated rings. The van der Waals surface area contributed by atoms with Gasteiger partial charge in [-0.05, 0) is 36.6 Å². The molecule has 3 rings (SSSR count). The highest BCUT2D eigenvalue weighted by atomic mass is 35.5. The number of halogens is 1. The zero-order valence-corrected chi connectivity index (χ0v) is 12.5. The minimum atomic E-state index is -0.122. The minimum Gasteiger partial charge on any atom is -0.282 e. The largest absolute Gasteiger partial charge is 0.282 e. The predicted molar refractivity (Wildman–Crippen MR) is 85.7 cm³/mol. The smallest absolute Gasteiger partial charge is 0.0776 e. The minimum absolute atomic E-state index is 0. The molecule has 3 heteroatoms. The van der Waals surface area contributed by atoms with Crippen LogP contribution in [-0.4, -0.2) is 11.3 Å². The van der Waals surface area contributed by atoms with Crippen molar-refractivity contribution in [3.8, 4) is 6.07 Å². The molecule has 0 radical (unpaired) electrons. The van der Waals surface area contributed by atoms with E-state index in [2.05, 4.69) is 56.3 Å². The van der Waals surface area contributed by atoms with Crippen molar-refractivity contribution < 1.29 is 0 Å². The number of rotatable bonds is 1. The summed E-state index contributed by atoms with van der Waals surface area (Å²) in [5, 5.41) is 11.5. The standard InChI is InChI=1S/C17H16N2.ClH/c1-17(2)11-15-13-6-4-3-5-12(13)7-8-14(15)16(19-17)9-10-18;/h3-8H,9,11H2,1-2H3;1H. The highest BCUT2D eigenvalue weighted by molar-refractivity contribution is 6.07. The lowest BCUT2D eigenvalue weighted by atomic mass is 9.83. The number of benzene rings is 2. The molecule has 102 valence electrons. The van der Waals surface area contributed by atoms with Crippen LogP contribution in [0.4, 0.5) is 0 Å². The third-order valence-electron chi connectivity index (χ3n) is 3.65. The second-order valence-corrected chi connectivity index (χ2v) is 5.70. The van der Waals surface area contributed by atoms with E-state index < -0.39 is 0 Å². The third-order valence-corrected chi connectivity index (χ3v) is 3.65. The van der Waals surface area contributed by atoms with Crippen molar-refractivity contribution in [2.24, 2.45) is 4.99 Å². The zero-order chi connectivity index (χ0) is 13.5. The van der Waals surface area contributed by atoms with E-state index in [-0.39, 0.29) is 17.9 Å². The van der Waals surface area contributed by atoms with E-state index in [1.54, 1.807) is 0 Å². The van der Waals surface area contributed by atoms with E-state index in [1.165, 1.54) is 16.3 Å². The Morgan fingerprint density at radius 3 is 2.70 bits per heavy atom. The molecule has 20 heavy (non-hydrogen) atoms. The van der Waals surface area contributed by atoms with Crippen molar-refractivity contribution in [1.29, 1.82) is 5.26 Å². The Hall–Kier alpha value is -1.85. The molecule has 1 heterocycles. The van der Waals surface area contributed by atoms with Gasteiger partial charge in [0.2, 0.25) is 0 Å². The van der Waals surface area contributed by atoms with Crippen LogP contribution < -0.4 is 0 Å². The summed E-state index contributed by atoms with van der Waals surface area (Å²) < 4.78 is 0. The average molecular weight is 285 g/mol. The van der Waals surface area contributed by atoms with Gasteiger partial charge in [0, 0.05) is 5.56 Å². The molecule has 1 aliphatic heterocycles. The molecule has 2 aromatic rings. The first-order valence-electron chi connectivity index (χ1n) is 6.57. The molecular weight excluding hydrogens is 268 g/mol. The Balaban J connectivity index is 0.00000147. The predicted octanol–water partition coefficient (Wildman–Crippen LogP) is 4.30. The first-order chi connectivity index (χ1) is 9.11. The van der Waals surface area contributed by atoms with E-state index in [9.17, 15) is 0 Å². The molecule has 2 aromatic carbocycles. The van der Waals surface area contributed by atoms with E-state index in [0.717, 1.165) is 17.7 Å². The second-order valence-electron chi connectivity index (χ2n) is 5.70. The summed E-state index contributed by atoms with van der Waals surface area (Å²) in [6.45, 7) is 4.27. The lowest BCUT2D eigenvalue weighted by molar-refractivity contribution is 0.514. The molecule has 0 unspecified atom stereocenters. The maximum absolute atomic E-state index is 9.00. The Morgan fingerprint density at radius 1 is 1.20 bits per heavy atom. The number of hydrogen-bond acceptors (Lipinski definition) is 2. The van der Waals surface area contributed by atoms with Gasteiger partial charge < -0.3 is 0 Å². The summed E-state index contributed by atoms with van der Waals surface area (Å²) in [5.41, 5.74) is 3.30. The molecule has 0 aromatic heterocycles. The third kappa shape index (κ3) is 2.42. The van der Waals surface area contributed by atoms with Crippen LogP contribution in [0.1, 0.15) is 31.4 Å². The summed E-state index contributed by atoms with van der Waals surface area (Å²) in [6, 6.07) is 14.9. The van der Waals surface area contributed by atoms with Gasteiger partial charge in [-0.1, -0.05) is 36.4 Å². The highest BCUT2D eigenvalue weighted by Gasteiger charge is 2.27. The van der Waals surface area contributed by atoms with Crippen LogP contribution in [0.3, 0.4) is 0 Å². The summed E-state index contributed by atoms with van der Waals surface area (Å²) in [6.07, 6.45) is 1.31. The monoisotopic (exact) mass is 284 g/mol. The molecule has 0 saturated heterocycles. The van der Waals surface area contributed by atoms with Gasteiger partial charge in [0.15, 0.2) is 0 Å². The molecule has 1 aliphatic rings. The van der Waals surface area contributed by atoms with Gasteiger partial charge in [-0.15, -0.1) is 12.4 Å². The molecule has 0 amide bonds. The van der Waals surface area contributed by atoms with Crippen LogP contribution in [0, 0.1) is 11.3 Å². The van der Waals surface area contributed by atoms with Gasteiger partial charge in [0.05, 0.1) is 23.7 Å². The summed E-state index contributed by atoms with van der Waals surface area (Å²) in [7, 11) is 0. The highest BCUT2D eigenvalue weighted by Crippen LogP contribution is 2.33. The Labute approximate surface area is 125 Å². The van der Waals surface area contributed by atoms with E-state index in [1.807, 2.05) is 0 Å². The fourth-order valence-corrected chi connectivity index (χ4v) is 2.90. The van der Waals surface area contributed by atoms with Crippen molar-refractivity contribution in [3.05, 3.63) is 47.5 Å². The van der Waals surface area contributed by atoms with Crippen molar-refractivity contribution in [1.82, 2.24) is 0 Å². The maximum Gasteiger partial charge on any atom is 0.0776 e. The van der Waals surface area contributed by atoms with E-state index in [0.29, 0.717) is 6.42 Å². The van der Waals surface area contributed by atoms with Crippen LogP contribution in [0.15, 0.2) is 41.4 Å². The molecule has 0 saturated carbocycles. The first kappa shape index (κ1) is 14.6. The molecule has 0 spiro atoms. The fraction of sp³-hybridized carbons (Fsp3) is 0.294. The van der Waals surface area contributed by atoms with Gasteiger partial charge in [-0.2, -0.15) is 5.26 Å².